The van der Waals surface area contributed by atoms with E-state index in [4.69, 9.17) is 5.11 Å². The lowest BCUT2D eigenvalue weighted by Crippen LogP contribution is -2.29. The Balaban J connectivity index is 2.60. The molecule has 2 N–H and O–H groups in total. The van der Waals surface area contributed by atoms with Crippen molar-refractivity contribution in [2.45, 2.75) is 46.0 Å². The molecule has 1 unspecified atom stereocenters. The standard InChI is InChI=1S/C17H27NO2/c1-5-13(10-11-19)12-18-16(20)14-6-8-15(9-7-14)17(2,3)4/h6-9,13,19H,5,10-12H2,1-4H3,(H,18,20). The fraction of sp³-hybridized carbons (Fsp3) is 0.588. The van der Waals surface area contributed by atoms with Crippen LogP contribution in [0.5, 0.6) is 0 Å². The van der Waals surface area contributed by atoms with E-state index in [2.05, 4.69) is 33.0 Å². The van der Waals surface area contributed by atoms with Gasteiger partial charge in [-0.15, -0.1) is 0 Å². The Bertz CT molecular complexity index is 418. The lowest BCUT2D eigenvalue weighted by Gasteiger charge is -2.19. The number of carbonyl (C=O) groups is 1. The number of carbonyl (C=O) groups excluding carboxylic acids is 1. The van der Waals surface area contributed by atoms with Crippen LogP contribution in [0.3, 0.4) is 0 Å². The number of rotatable bonds is 6. The molecule has 0 fully saturated rings. The topological polar surface area (TPSA) is 49.3 Å². The highest BCUT2D eigenvalue weighted by Gasteiger charge is 2.14. The maximum Gasteiger partial charge on any atom is 0.251 e. The van der Waals surface area contributed by atoms with E-state index in [1.807, 2.05) is 24.3 Å². The molecule has 3 nitrogen and oxygen atoms in total. The SMILES string of the molecule is CCC(CCO)CNC(=O)c1ccc(C(C)(C)C)cc1. The molecule has 112 valence electrons. The van der Waals surface area contributed by atoms with E-state index in [1.165, 1.54) is 5.56 Å². The lowest BCUT2D eigenvalue weighted by molar-refractivity contribution is 0.0943. The molecule has 0 saturated heterocycles. The summed E-state index contributed by atoms with van der Waals surface area (Å²) in [6.45, 7) is 9.34. The zero-order valence-electron chi connectivity index (χ0n) is 13.1. The minimum absolute atomic E-state index is 0.0400. The van der Waals surface area contributed by atoms with Gasteiger partial charge in [0, 0.05) is 18.7 Å². The predicted molar refractivity (Wildman–Crippen MR) is 83.0 cm³/mol. The molecule has 1 rings (SSSR count). The van der Waals surface area contributed by atoms with E-state index in [9.17, 15) is 4.79 Å². The summed E-state index contributed by atoms with van der Waals surface area (Å²) in [5.41, 5.74) is 2.02. The highest BCUT2D eigenvalue weighted by molar-refractivity contribution is 5.94. The lowest BCUT2D eigenvalue weighted by atomic mass is 9.86. The summed E-state index contributed by atoms with van der Waals surface area (Å²) < 4.78 is 0. The number of nitrogens with one attached hydrogen (secondary N) is 1. The number of aliphatic hydroxyl groups is 1. The first kappa shape index (κ1) is 16.7. The minimum atomic E-state index is -0.0400. The summed E-state index contributed by atoms with van der Waals surface area (Å²) in [5.74, 6) is 0.305. The molecule has 0 aromatic heterocycles. The Kier molecular flexibility index (Phi) is 6.21. The summed E-state index contributed by atoms with van der Waals surface area (Å²) in [4.78, 5) is 12.1. The van der Waals surface area contributed by atoms with E-state index < -0.39 is 0 Å². The monoisotopic (exact) mass is 277 g/mol. The second-order valence-corrected chi connectivity index (χ2v) is 6.32. The van der Waals surface area contributed by atoms with Gasteiger partial charge in [0.25, 0.3) is 5.91 Å². The number of amides is 1. The Morgan fingerprint density at radius 1 is 1.25 bits per heavy atom. The molecule has 1 aromatic rings. The van der Waals surface area contributed by atoms with Crippen LogP contribution in [0.4, 0.5) is 0 Å². The van der Waals surface area contributed by atoms with Crippen LogP contribution in [0.15, 0.2) is 24.3 Å². The molecule has 1 aromatic carbocycles. The number of hydrogen-bond donors (Lipinski definition) is 2. The Morgan fingerprint density at radius 2 is 1.85 bits per heavy atom. The number of hydrogen-bond acceptors (Lipinski definition) is 2. The average molecular weight is 277 g/mol. The molecule has 0 heterocycles. The zero-order chi connectivity index (χ0) is 15.2. The van der Waals surface area contributed by atoms with Crippen LogP contribution in [0.1, 0.15) is 56.5 Å². The van der Waals surface area contributed by atoms with Gasteiger partial charge in [0.2, 0.25) is 0 Å². The summed E-state index contributed by atoms with van der Waals surface area (Å²) >= 11 is 0. The first-order valence-corrected chi connectivity index (χ1v) is 7.38. The Hall–Kier alpha value is -1.35. The highest BCUT2D eigenvalue weighted by Crippen LogP contribution is 2.22. The summed E-state index contributed by atoms with van der Waals surface area (Å²) in [7, 11) is 0. The molecule has 0 radical (unpaired) electrons. The van der Waals surface area contributed by atoms with Gasteiger partial charge in [-0.05, 0) is 35.4 Å². The molecule has 1 amide bonds. The Morgan fingerprint density at radius 3 is 2.30 bits per heavy atom. The fourth-order valence-electron chi connectivity index (χ4n) is 2.09. The van der Waals surface area contributed by atoms with E-state index in [0.717, 1.165) is 12.8 Å². The van der Waals surface area contributed by atoms with E-state index >= 15 is 0 Å². The number of benzene rings is 1. The van der Waals surface area contributed by atoms with Crippen molar-refractivity contribution in [3.63, 3.8) is 0 Å². The molecule has 0 saturated carbocycles. The first-order valence-electron chi connectivity index (χ1n) is 7.38. The third-order valence-corrected chi connectivity index (χ3v) is 3.68. The molecular weight excluding hydrogens is 250 g/mol. The maximum absolute atomic E-state index is 12.1. The van der Waals surface area contributed by atoms with Gasteiger partial charge >= 0.3 is 0 Å². The van der Waals surface area contributed by atoms with Gasteiger partial charge in [0.1, 0.15) is 0 Å². The summed E-state index contributed by atoms with van der Waals surface area (Å²) in [5, 5.41) is 11.9. The van der Waals surface area contributed by atoms with E-state index in [-0.39, 0.29) is 17.9 Å². The molecule has 3 heteroatoms. The second-order valence-electron chi connectivity index (χ2n) is 6.32. The molecule has 0 aliphatic carbocycles. The quantitative estimate of drug-likeness (QED) is 0.839. The van der Waals surface area contributed by atoms with Gasteiger partial charge in [-0.1, -0.05) is 46.2 Å². The molecule has 0 spiro atoms. The normalized spacial score (nSPS) is 13.1. The zero-order valence-corrected chi connectivity index (χ0v) is 13.1. The second kappa shape index (κ2) is 7.44. The third kappa shape index (κ3) is 4.97. The van der Waals surface area contributed by atoms with Gasteiger partial charge < -0.3 is 10.4 Å². The smallest absolute Gasteiger partial charge is 0.251 e. The molecule has 0 aliphatic heterocycles. The first-order chi connectivity index (χ1) is 9.38. The van der Waals surface area contributed by atoms with Crippen LogP contribution in [0.2, 0.25) is 0 Å². The van der Waals surface area contributed by atoms with Gasteiger partial charge in [-0.3, -0.25) is 4.79 Å². The van der Waals surface area contributed by atoms with Gasteiger partial charge in [0.15, 0.2) is 0 Å². The van der Waals surface area contributed by atoms with Crippen molar-refractivity contribution in [1.82, 2.24) is 5.32 Å². The average Bonchev–Trinajstić information content (AvgIpc) is 2.42. The van der Waals surface area contributed by atoms with Crippen molar-refractivity contribution in [3.8, 4) is 0 Å². The highest BCUT2D eigenvalue weighted by atomic mass is 16.3. The van der Waals surface area contributed by atoms with Crippen molar-refractivity contribution < 1.29 is 9.90 Å². The van der Waals surface area contributed by atoms with Gasteiger partial charge in [0.05, 0.1) is 0 Å². The van der Waals surface area contributed by atoms with Gasteiger partial charge in [-0.2, -0.15) is 0 Å². The van der Waals surface area contributed by atoms with Crippen LogP contribution >= 0.6 is 0 Å². The van der Waals surface area contributed by atoms with Crippen molar-refractivity contribution in [2.75, 3.05) is 13.2 Å². The van der Waals surface area contributed by atoms with Crippen molar-refractivity contribution in [1.29, 1.82) is 0 Å². The van der Waals surface area contributed by atoms with E-state index in [0.29, 0.717) is 18.0 Å². The molecule has 0 bridgehead atoms. The minimum Gasteiger partial charge on any atom is -0.396 e. The van der Waals surface area contributed by atoms with Crippen molar-refractivity contribution in [3.05, 3.63) is 35.4 Å². The summed E-state index contributed by atoms with van der Waals surface area (Å²) in [6.07, 6.45) is 1.70. The largest absolute Gasteiger partial charge is 0.396 e. The number of aliphatic hydroxyl groups excluding tert-OH is 1. The fourth-order valence-corrected chi connectivity index (χ4v) is 2.09. The maximum atomic E-state index is 12.1. The van der Waals surface area contributed by atoms with Crippen LogP contribution in [-0.2, 0) is 5.41 Å². The summed E-state index contributed by atoms with van der Waals surface area (Å²) in [6, 6.07) is 7.78. The Labute approximate surface area is 122 Å². The van der Waals surface area contributed by atoms with Crippen LogP contribution < -0.4 is 5.32 Å². The molecule has 0 aliphatic rings. The molecule has 1 atom stereocenters. The molecule has 20 heavy (non-hydrogen) atoms. The van der Waals surface area contributed by atoms with Crippen molar-refractivity contribution in [2.24, 2.45) is 5.92 Å². The third-order valence-electron chi connectivity index (χ3n) is 3.68. The van der Waals surface area contributed by atoms with Gasteiger partial charge in [-0.25, -0.2) is 0 Å². The van der Waals surface area contributed by atoms with Crippen LogP contribution in [0.25, 0.3) is 0 Å². The molecular formula is C17H27NO2. The predicted octanol–water partition coefficient (Wildman–Crippen LogP) is 3.12. The van der Waals surface area contributed by atoms with Crippen molar-refractivity contribution >= 4 is 5.91 Å². The van der Waals surface area contributed by atoms with Crippen LogP contribution in [-0.4, -0.2) is 24.2 Å². The van der Waals surface area contributed by atoms with E-state index in [1.54, 1.807) is 0 Å². The van der Waals surface area contributed by atoms with Crippen LogP contribution in [0, 0.1) is 5.92 Å².